The zero-order valence-electron chi connectivity index (χ0n) is 7.90. The second-order valence-electron chi connectivity index (χ2n) is 2.65. The molecule has 0 spiro atoms. The van der Waals surface area contributed by atoms with E-state index in [0.717, 1.165) is 5.57 Å². The molecule has 0 aromatic rings. The Kier molecular flexibility index (Phi) is 5.94. The molecule has 0 rings (SSSR count). The molecule has 2 nitrogen and oxygen atoms in total. The van der Waals surface area contributed by atoms with Crippen LogP contribution in [0.1, 0.15) is 13.3 Å². The maximum atomic E-state index is 8.84. The van der Waals surface area contributed by atoms with Crippen molar-refractivity contribution in [1.82, 2.24) is 0 Å². The minimum Gasteiger partial charge on any atom is -0.423 e. The number of rotatable bonds is 5. The number of allylic oxidation sites excluding steroid dienone is 6. The molecule has 0 bridgehead atoms. The van der Waals surface area contributed by atoms with Crippen molar-refractivity contribution in [3.63, 3.8) is 0 Å². The minimum absolute atomic E-state index is 0.463. The van der Waals surface area contributed by atoms with Crippen LogP contribution in [0.5, 0.6) is 0 Å². The van der Waals surface area contributed by atoms with Crippen LogP contribution in [-0.4, -0.2) is 17.2 Å². The fraction of sp³-hybridized carbons (Fsp3) is 0.200. The fourth-order valence-corrected chi connectivity index (χ4v) is 0.799. The van der Waals surface area contributed by atoms with Crippen molar-refractivity contribution in [3.8, 4) is 0 Å². The predicted octanol–water partition coefficient (Wildman–Crippen LogP) is 1.63. The van der Waals surface area contributed by atoms with Gasteiger partial charge < -0.3 is 10.0 Å². The molecule has 0 atom stereocenters. The predicted molar refractivity (Wildman–Crippen MR) is 57.0 cm³/mol. The lowest BCUT2D eigenvalue weighted by atomic mass is 9.79. The van der Waals surface area contributed by atoms with Crippen LogP contribution in [0, 0.1) is 0 Å². The van der Waals surface area contributed by atoms with Crippen molar-refractivity contribution >= 4 is 7.12 Å². The lowest BCUT2D eigenvalue weighted by Gasteiger charge is -1.98. The highest BCUT2D eigenvalue weighted by atomic mass is 16.4. The summed E-state index contributed by atoms with van der Waals surface area (Å²) in [5, 5.41) is 17.7. The number of hydrogen-bond acceptors (Lipinski definition) is 2. The summed E-state index contributed by atoms with van der Waals surface area (Å²) in [5.41, 5.74) is 1.35. The van der Waals surface area contributed by atoms with Crippen LogP contribution in [0.25, 0.3) is 0 Å². The fourth-order valence-electron chi connectivity index (χ4n) is 0.799. The van der Waals surface area contributed by atoms with Gasteiger partial charge in [-0.05, 0) is 18.8 Å². The molecular weight excluding hydrogens is 163 g/mol. The van der Waals surface area contributed by atoms with Crippen LogP contribution < -0.4 is 0 Å². The van der Waals surface area contributed by atoms with Gasteiger partial charge in [-0.15, -0.1) is 6.58 Å². The van der Waals surface area contributed by atoms with E-state index in [9.17, 15) is 0 Å². The summed E-state index contributed by atoms with van der Waals surface area (Å²) in [6, 6.07) is 0. The minimum atomic E-state index is -1.42. The Morgan fingerprint density at radius 1 is 1.38 bits per heavy atom. The van der Waals surface area contributed by atoms with Crippen molar-refractivity contribution in [2.24, 2.45) is 0 Å². The van der Waals surface area contributed by atoms with E-state index >= 15 is 0 Å². The summed E-state index contributed by atoms with van der Waals surface area (Å²) in [6.45, 7) is 9.08. The highest BCUT2D eigenvalue weighted by Crippen LogP contribution is 2.04. The molecule has 0 saturated heterocycles. The van der Waals surface area contributed by atoms with E-state index in [2.05, 4.69) is 13.2 Å². The zero-order chi connectivity index (χ0) is 10.3. The smallest absolute Gasteiger partial charge is 0.423 e. The van der Waals surface area contributed by atoms with Gasteiger partial charge in [0, 0.05) is 0 Å². The summed E-state index contributed by atoms with van der Waals surface area (Å²) in [4.78, 5) is 0. The van der Waals surface area contributed by atoms with E-state index in [4.69, 9.17) is 10.0 Å². The second kappa shape index (κ2) is 6.46. The van der Waals surface area contributed by atoms with E-state index in [-0.39, 0.29) is 0 Å². The van der Waals surface area contributed by atoms with Crippen LogP contribution >= 0.6 is 0 Å². The molecule has 3 heteroatoms. The van der Waals surface area contributed by atoms with Crippen LogP contribution in [0.3, 0.4) is 0 Å². The third-order valence-electron chi connectivity index (χ3n) is 1.55. The van der Waals surface area contributed by atoms with Crippen molar-refractivity contribution < 1.29 is 10.0 Å². The average Bonchev–Trinajstić information content (AvgIpc) is 2.05. The first-order valence-corrected chi connectivity index (χ1v) is 4.11. The molecule has 0 saturated carbocycles. The van der Waals surface area contributed by atoms with Gasteiger partial charge in [0.05, 0.1) is 0 Å². The summed E-state index contributed by atoms with van der Waals surface area (Å²) in [7, 11) is -1.42. The molecule has 0 fully saturated rings. The Hall–Kier alpha value is -1.06. The molecule has 0 unspecified atom stereocenters. The molecule has 0 aromatic heterocycles. The Morgan fingerprint density at radius 3 is 2.38 bits per heavy atom. The first-order chi connectivity index (χ1) is 6.11. The molecule has 0 aliphatic rings. The van der Waals surface area contributed by atoms with Gasteiger partial charge in [-0.3, -0.25) is 0 Å². The molecule has 0 aliphatic carbocycles. The average molecular weight is 178 g/mol. The van der Waals surface area contributed by atoms with Crippen LogP contribution in [0.4, 0.5) is 0 Å². The van der Waals surface area contributed by atoms with Crippen molar-refractivity contribution in [1.29, 1.82) is 0 Å². The molecule has 0 aromatic carbocycles. The summed E-state index contributed by atoms with van der Waals surface area (Å²) in [6.07, 6.45) is 7.47. The Labute approximate surface area is 79.7 Å². The molecule has 0 radical (unpaired) electrons. The van der Waals surface area contributed by atoms with E-state index in [1.54, 1.807) is 31.2 Å². The highest BCUT2D eigenvalue weighted by Gasteiger charge is 2.09. The Balaban J connectivity index is 4.24. The monoisotopic (exact) mass is 178 g/mol. The molecule has 70 valence electrons. The largest absolute Gasteiger partial charge is 0.488 e. The van der Waals surface area contributed by atoms with Crippen molar-refractivity contribution in [2.45, 2.75) is 13.3 Å². The zero-order valence-corrected chi connectivity index (χ0v) is 7.90. The van der Waals surface area contributed by atoms with Crippen LogP contribution in [0.15, 0.2) is 48.5 Å². The molecule has 0 amide bonds. The van der Waals surface area contributed by atoms with Gasteiger partial charge in [-0.25, -0.2) is 0 Å². The first-order valence-electron chi connectivity index (χ1n) is 4.11. The van der Waals surface area contributed by atoms with Gasteiger partial charge in [-0.2, -0.15) is 0 Å². The standard InChI is InChI=1S/C10H15BO2/c1-4-6-9(3)7-8-10(5-2)11(12)13/h4-5,7-8,12-13H,1,3,6H2,2H3/b8-7-,10-5+. The third kappa shape index (κ3) is 5.23. The van der Waals surface area contributed by atoms with Crippen molar-refractivity contribution in [2.75, 3.05) is 0 Å². The lowest BCUT2D eigenvalue weighted by Crippen LogP contribution is -2.13. The van der Waals surface area contributed by atoms with Gasteiger partial charge in [0.2, 0.25) is 0 Å². The van der Waals surface area contributed by atoms with Crippen LogP contribution in [0.2, 0.25) is 0 Å². The van der Waals surface area contributed by atoms with Crippen LogP contribution in [-0.2, 0) is 0 Å². The normalized spacial score (nSPS) is 11.8. The van der Waals surface area contributed by atoms with Gasteiger partial charge in [-0.1, -0.05) is 36.5 Å². The van der Waals surface area contributed by atoms with Gasteiger partial charge in [0.15, 0.2) is 0 Å². The molecular formula is C10H15BO2. The van der Waals surface area contributed by atoms with Gasteiger partial charge >= 0.3 is 7.12 Å². The van der Waals surface area contributed by atoms with E-state index in [0.29, 0.717) is 11.9 Å². The molecule has 0 aliphatic heterocycles. The second-order valence-corrected chi connectivity index (χ2v) is 2.65. The topological polar surface area (TPSA) is 40.5 Å². The van der Waals surface area contributed by atoms with E-state index < -0.39 is 7.12 Å². The molecule has 13 heavy (non-hydrogen) atoms. The number of hydrogen-bond donors (Lipinski definition) is 2. The molecule has 0 heterocycles. The van der Waals surface area contributed by atoms with E-state index in [1.165, 1.54) is 0 Å². The Bertz CT molecular complexity index is 239. The summed E-state index contributed by atoms with van der Waals surface area (Å²) < 4.78 is 0. The Morgan fingerprint density at radius 2 is 2.00 bits per heavy atom. The maximum absolute atomic E-state index is 8.84. The molecule has 2 N–H and O–H groups in total. The summed E-state index contributed by atoms with van der Waals surface area (Å²) >= 11 is 0. The summed E-state index contributed by atoms with van der Waals surface area (Å²) in [5.74, 6) is 0. The quantitative estimate of drug-likeness (QED) is 0.381. The maximum Gasteiger partial charge on any atom is 0.488 e. The third-order valence-corrected chi connectivity index (χ3v) is 1.55. The van der Waals surface area contributed by atoms with E-state index in [1.807, 2.05) is 0 Å². The SMILES string of the molecule is C=CCC(=C)/C=C\C(=C/C)B(O)O. The van der Waals surface area contributed by atoms with Gasteiger partial charge in [0.25, 0.3) is 0 Å². The lowest BCUT2D eigenvalue weighted by molar-refractivity contribution is 0.420. The van der Waals surface area contributed by atoms with Gasteiger partial charge in [0.1, 0.15) is 0 Å². The van der Waals surface area contributed by atoms with Crippen molar-refractivity contribution in [3.05, 3.63) is 48.5 Å². The highest BCUT2D eigenvalue weighted by molar-refractivity contribution is 6.51. The first kappa shape index (κ1) is 11.9.